The van der Waals surface area contributed by atoms with E-state index in [0.29, 0.717) is 19.8 Å². The van der Waals surface area contributed by atoms with Crippen LogP contribution in [-0.2, 0) is 9.53 Å². The lowest BCUT2D eigenvalue weighted by Gasteiger charge is -2.14. The van der Waals surface area contributed by atoms with Crippen molar-refractivity contribution in [2.24, 2.45) is 11.7 Å². The van der Waals surface area contributed by atoms with Crippen LogP contribution < -0.4 is 11.1 Å². The zero-order valence-electron chi connectivity index (χ0n) is 9.76. The van der Waals surface area contributed by atoms with Crippen LogP contribution in [0.3, 0.4) is 0 Å². The van der Waals surface area contributed by atoms with Gasteiger partial charge >= 0.3 is 0 Å². The molecule has 0 spiro atoms. The van der Waals surface area contributed by atoms with E-state index in [-0.39, 0.29) is 17.9 Å². The normalized spacial score (nSPS) is 21.1. The standard InChI is InChI=1S/C13H18N2O2/c14-12(10-4-2-1-3-5-10)8-15-13(16)11-6-7-17-9-11/h1-5,11-12H,6-9,14H2,(H,15,16). The third kappa shape index (κ3) is 3.28. The third-order valence-corrected chi connectivity index (χ3v) is 3.02. The number of hydrogen-bond acceptors (Lipinski definition) is 3. The zero-order chi connectivity index (χ0) is 12.1. The fraction of sp³-hybridized carbons (Fsp3) is 0.462. The maximum absolute atomic E-state index is 11.7. The lowest BCUT2D eigenvalue weighted by molar-refractivity contribution is -0.125. The van der Waals surface area contributed by atoms with E-state index in [1.807, 2.05) is 30.3 Å². The lowest BCUT2D eigenvalue weighted by atomic mass is 10.1. The molecule has 3 N–H and O–H groups in total. The molecule has 2 rings (SSSR count). The lowest BCUT2D eigenvalue weighted by Crippen LogP contribution is -2.36. The molecule has 92 valence electrons. The summed E-state index contributed by atoms with van der Waals surface area (Å²) in [6.45, 7) is 1.69. The molecular formula is C13H18N2O2. The van der Waals surface area contributed by atoms with Crippen LogP contribution in [0.15, 0.2) is 30.3 Å². The second kappa shape index (κ2) is 5.80. The molecule has 1 aliphatic heterocycles. The van der Waals surface area contributed by atoms with Gasteiger partial charge in [-0.25, -0.2) is 0 Å². The summed E-state index contributed by atoms with van der Waals surface area (Å²) in [5.74, 6) is 0.0480. The van der Waals surface area contributed by atoms with Crippen molar-refractivity contribution in [1.82, 2.24) is 5.32 Å². The largest absolute Gasteiger partial charge is 0.381 e. The number of carbonyl (C=O) groups is 1. The molecule has 1 aromatic rings. The Labute approximate surface area is 101 Å². The van der Waals surface area contributed by atoms with Crippen LogP contribution in [0.2, 0.25) is 0 Å². The first-order valence-electron chi connectivity index (χ1n) is 5.93. The van der Waals surface area contributed by atoms with Crippen LogP contribution in [0, 0.1) is 5.92 Å². The van der Waals surface area contributed by atoms with Crippen molar-refractivity contribution >= 4 is 5.91 Å². The molecule has 4 heteroatoms. The second-order valence-electron chi connectivity index (χ2n) is 4.32. The van der Waals surface area contributed by atoms with Crippen molar-refractivity contribution in [3.8, 4) is 0 Å². The number of amides is 1. The molecule has 4 nitrogen and oxygen atoms in total. The Kier molecular flexibility index (Phi) is 4.12. The topological polar surface area (TPSA) is 64.3 Å². The molecule has 2 unspecified atom stereocenters. The maximum Gasteiger partial charge on any atom is 0.225 e. The van der Waals surface area contributed by atoms with Crippen LogP contribution in [0.5, 0.6) is 0 Å². The Balaban J connectivity index is 1.80. The maximum atomic E-state index is 11.7. The summed E-state index contributed by atoms with van der Waals surface area (Å²) in [4.78, 5) is 11.7. The van der Waals surface area contributed by atoms with E-state index in [9.17, 15) is 4.79 Å². The summed E-state index contributed by atoms with van der Waals surface area (Å²) in [6, 6.07) is 9.63. The summed E-state index contributed by atoms with van der Waals surface area (Å²) < 4.78 is 5.18. The van der Waals surface area contributed by atoms with Crippen molar-refractivity contribution in [2.75, 3.05) is 19.8 Å². The van der Waals surface area contributed by atoms with Gasteiger partial charge in [0.2, 0.25) is 5.91 Å². The van der Waals surface area contributed by atoms with Crippen LogP contribution >= 0.6 is 0 Å². The molecule has 1 aliphatic rings. The van der Waals surface area contributed by atoms with E-state index in [1.54, 1.807) is 0 Å². The smallest absolute Gasteiger partial charge is 0.225 e. The first-order chi connectivity index (χ1) is 8.27. The van der Waals surface area contributed by atoms with Gasteiger partial charge in [0, 0.05) is 19.2 Å². The van der Waals surface area contributed by atoms with Crippen LogP contribution in [0.1, 0.15) is 18.0 Å². The van der Waals surface area contributed by atoms with Crippen molar-refractivity contribution < 1.29 is 9.53 Å². The predicted molar refractivity (Wildman–Crippen MR) is 65.3 cm³/mol. The number of rotatable bonds is 4. The predicted octanol–water partition coefficient (Wildman–Crippen LogP) is 0.839. The molecular weight excluding hydrogens is 216 g/mol. The van der Waals surface area contributed by atoms with Gasteiger partial charge < -0.3 is 15.8 Å². The van der Waals surface area contributed by atoms with Crippen molar-refractivity contribution in [2.45, 2.75) is 12.5 Å². The van der Waals surface area contributed by atoms with E-state index < -0.39 is 0 Å². The third-order valence-electron chi connectivity index (χ3n) is 3.02. The van der Waals surface area contributed by atoms with Crippen molar-refractivity contribution in [3.05, 3.63) is 35.9 Å². The minimum atomic E-state index is -0.150. The summed E-state index contributed by atoms with van der Waals surface area (Å²) in [5, 5.41) is 2.88. The highest BCUT2D eigenvalue weighted by Crippen LogP contribution is 2.13. The van der Waals surface area contributed by atoms with Crippen molar-refractivity contribution in [3.63, 3.8) is 0 Å². The van der Waals surface area contributed by atoms with Gasteiger partial charge in [-0.15, -0.1) is 0 Å². The SMILES string of the molecule is NC(CNC(=O)C1CCOC1)c1ccccc1. The molecule has 17 heavy (non-hydrogen) atoms. The Morgan fingerprint density at radius 3 is 2.88 bits per heavy atom. The number of benzene rings is 1. The van der Waals surface area contributed by atoms with E-state index in [4.69, 9.17) is 10.5 Å². The minimum Gasteiger partial charge on any atom is -0.381 e. The fourth-order valence-electron chi connectivity index (χ4n) is 1.91. The minimum absolute atomic E-state index is 0.00188. The first kappa shape index (κ1) is 12.1. The molecule has 1 aromatic carbocycles. The van der Waals surface area contributed by atoms with Gasteiger partial charge in [-0.1, -0.05) is 30.3 Å². The summed E-state index contributed by atoms with van der Waals surface area (Å²) in [6.07, 6.45) is 0.812. The van der Waals surface area contributed by atoms with E-state index >= 15 is 0 Å². The van der Waals surface area contributed by atoms with E-state index in [0.717, 1.165) is 12.0 Å². The molecule has 0 radical (unpaired) electrons. The average molecular weight is 234 g/mol. The van der Waals surface area contributed by atoms with Crippen molar-refractivity contribution in [1.29, 1.82) is 0 Å². The van der Waals surface area contributed by atoms with Gasteiger partial charge in [-0.2, -0.15) is 0 Å². The van der Waals surface area contributed by atoms with Crippen LogP contribution in [0.25, 0.3) is 0 Å². The number of hydrogen-bond donors (Lipinski definition) is 2. The Morgan fingerprint density at radius 1 is 1.47 bits per heavy atom. The van der Waals surface area contributed by atoms with Gasteiger partial charge in [0.1, 0.15) is 0 Å². The summed E-state index contributed by atoms with van der Waals surface area (Å²) in [7, 11) is 0. The Bertz CT molecular complexity index is 361. The van der Waals surface area contributed by atoms with Gasteiger partial charge in [0.15, 0.2) is 0 Å². The Hall–Kier alpha value is -1.39. The molecule has 1 amide bonds. The average Bonchev–Trinajstić information content (AvgIpc) is 2.90. The Morgan fingerprint density at radius 2 is 2.24 bits per heavy atom. The molecule has 0 saturated carbocycles. The highest BCUT2D eigenvalue weighted by molar-refractivity contribution is 5.79. The van der Waals surface area contributed by atoms with Gasteiger partial charge in [0.25, 0.3) is 0 Å². The van der Waals surface area contributed by atoms with Crippen LogP contribution in [0.4, 0.5) is 0 Å². The van der Waals surface area contributed by atoms with Crippen LogP contribution in [-0.4, -0.2) is 25.7 Å². The second-order valence-corrected chi connectivity index (χ2v) is 4.32. The van der Waals surface area contributed by atoms with E-state index in [1.165, 1.54) is 0 Å². The molecule has 1 fully saturated rings. The highest BCUT2D eigenvalue weighted by Gasteiger charge is 2.23. The summed E-state index contributed by atoms with van der Waals surface area (Å²) >= 11 is 0. The molecule has 1 saturated heterocycles. The number of ether oxygens (including phenoxy) is 1. The molecule has 0 aliphatic carbocycles. The monoisotopic (exact) mass is 234 g/mol. The molecule has 2 atom stereocenters. The van der Waals surface area contributed by atoms with Gasteiger partial charge in [-0.3, -0.25) is 4.79 Å². The number of nitrogens with two attached hydrogens (primary N) is 1. The number of carbonyl (C=O) groups excluding carboxylic acids is 1. The number of nitrogens with one attached hydrogen (secondary N) is 1. The molecule has 1 heterocycles. The van der Waals surface area contributed by atoms with Gasteiger partial charge in [-0.05, 0) is 12.0 Å². The van der Waals surface area contributed by atoms with Gasteiger partial charge in [0.05, 0.1) is 12.5 Å². The molecule has 0 bridgehead atoms. The molecule has 0 aromatic heterocycles. The quantitative estimate of drug-likeness (QED) is 0.811. The first-order valence-corrected chi connectivity index (χ1v) is 5.93. The fourth-order valence-corrected chi connectivity index (χ4v) is 1.91. The highest BCUT2D eigenvalue weighted by atomic mass is 16.5. The van der Waals surface area contributed by atoms with E-state index in [2.05, 4.69) is 5.32 Å². The summed E-state index contributed by atoms with van der Waals surface area (Å²) in [5.41, 5.74) is 7.03. The zero-order valence-corrected chi connectivity index (χ0v) is 9.76.